The zero-order valence-corrected chi connectivity index (χ0v) is 12.8. The Kier molecular flexibility index (Phi) is 4.21. The number of ketones is 1. The van der Waals surface area contributed by atoms with Crippen LogP contribution in [0.15, 0.2) is 48.2 Å². The van der Waals surface area contributed by atoms with Gasteiger partial charge in [-0.1, -0.05) is 12.1 Å². The van der Waals surface area contributed by atoms with Gasteiger partial charge in [0.2, 0.25) is 5.78 Å². The largest absolute Gasteiger partial charge is 0.482 e. The number of aliphatic carboxylic acids is 1. The maximum absolute atomic E-state index is 12.3. The molecule has 25 heavy (non-hydrogen) atoms. The predicted molar refractivity (Wildman–Crippen MR) is 85.9 cm³/mol. The number of carbonyl (C=O) groups excluding carboxylic acids is 1. The summed E-state index contributed by atoms with van der Waals surface area (Å²) in [6.45, 7) is -0.495. The van der Waals surface area contributed by atoms with Gasteiger partial charge in [-0.3, -0.25) is 4.79 Å². The molecule has 0 saturated heterocycles. The quantitative estimate of drug-likeness (QED) is 0.804. The number of carbonyl (C=O) groups is 3. The van der Waals surface area contributed by atoms with Crippen LogP contribution in [-0.2, 0) is 4.79 Å². The number of benzene rings is 2. The Morgan fingerprint density at radius 3 is 2.44 bits per heavy atom. The molecular formula is C18H12O7. The van der Waals surface area contributed by atoms with Crippen LogP contribution in [0.1, 0.15) is 26.3 Å². The highest BCUT2D eigenvalue weighted by Crippen LogP contribution is 2.34. The summed E-state index contributed by atoms with van der Waals surface area (Å²) in [7, 11) is 0. The van der Waals surface area contributed by atoms with Crippen molar-refractivity contribution in [3.63, 3.8) is 0 Å². The minimum atomic E-state index is -1.11. The van der Waals surface area contributed by atoms with Crippen molar-refractivity contribution in [1.82, 2.24) is 0 Å². The summed E-state index contributed by atoms with van der Waals surface area (Å²) in [5.41, 5.74) is 1.10. The van der Waals surface area contributed by atoms with Gasteiger partial charge in [0, 0.05) is 6.07 Å². The summed E-state index contributed by atoms with van der Waals surface area (Å²) >= 11 is 0. The Morgan fingerprint density at radius 1 is 1.08 bits per heavy atom. The van der Waals surface area contributed by atoms with Crippen molar-refractivity contribution >= 4 is 23.8 Å². The van der Waals surface area contributed by atoms with Crippen molar-refractivity contribution in [2.75, 3.05) is 6.61 Å². The van der Waals surface area contributed by atoms with Crippen molar-refractivity contribution in [3.05, 3.63) is 64.9 Å². The summed E-state index contributed by atoms with van der Waals surface area (Å²) in [6, 6.07) is 10.4. The predicted octanol–water partition coefficient (Wildman–Crippen LogP) is 2.46. The normalized spacial score (nSPS) is 14.1. The third-order valence-electron chi connectivity index (χ3n) is 3.46. The molecule has 2 aromatic carbocycles. The number of carboxylic acid groups (broad SMARTS) is 2. The number of rotatable bonds is 5. The monoisotopic (exact) mass is 340 g/mol. The van der Waals surface area contributed by atoms with E-state index in [1.54, 1.807) is 12.1 Å². The summed E-state index contributed by atoms with van der Waals surface area (Å²) in [5, 5.41) is 17.5. The molecule has 2 N–H and O–H groups in total. The molecular weight excluding hydrogens is 328 g/mol. The highest BCUT2D eigenvalue weighted by Gasteiger charge is 2.27. The number of hydrogen-bond acceptors (Lipinski definition) is 5. The van der Waals surface area contributed by atoms with Gasteiger partial charge in [-0.15, -0.1) is 0 Å². The van der Waals surface area contributed by atoms with Crippen LogP contribution in [0.3, 0.4) is 0 Å². The molecule has 1 aliphatic heterocycles. The Balaban J connectivity index is 1.81. The van der Waals surface area contributed by atoms with Gasteiger partial charge >= 0.3 is 11.9 Å². The first-order valence-corrected chi connectivity index (χ1v) is 7.20. The third-order valence-corrected chi connectivity index (χ3v) is 3.46. The van der Waals surface area contributed by atoms with Gasteiger partial charge in [-0.05, 0) is 35.9 Å². The molecule has 0 bridgehead atoms. The number of fused-ring (bicyclic) bond motifs is 1. The number of carboxylic acids is 2. The van der Waals surface area contributed by atoms with Crippen molar-refractivity contribution in [3.8, 4) is 11.5 Å². The SMILES string of the molecule is O=C(O)COc1ccc2c(c1)O/C(=C\c1ccc(C(=O)O)cc1)C2=O. The number of ether oxygens (including phenoxy) is 2. The van der Waals surface area contributed by atoms with Crippen molar-refractivity contribution in [2.45, 2.75) is 0 Å². The van der Waals surface area contributed by atoms with Gasteiger partial charge in [-0.2, -0.15) is 0 Å². The molecule has 0 spiro atoms. The van der Waals surface area contributed by atoms with Crippen LogP contribution in [0.25, 0.3) is 6.08 Å². The van der Waals surface area contributed by atoms with E-state index in [1.165, 1.54) is 36.4 Å². The van der Waals surface area contributed by atoms with E-state index in [2.05, 4.69) is 0 Å². The maximum atomic E-state index is 12.3. The van der Waals surface area contributed by atoms with Gasteiger partial charge in [-0.25, -0.2) is 9.59 Å². The number of Topliss-reactive ketones (excluding diaryl/α,β-unsaturated/α-hetero) is 1. The van der Waals surface area contributed by atoms with E-state index < -0.39 is 18.5 Å². The average Bonchev–Trinajstić information content (AvgIpc) is 2.89. The molecule has 3 rings (SSSR count). The van der Waals surface area contributed by atoms with Gasteiger partial charge in [0.25, 0.3) is 0 Å². The van der Waals surface area contributed by atoms with Crippen LogP contribution in [-0.4, -0.2) is 34.5 Å². The molecule has 0 unspecified atom stereocenters. The first-order valence-electron chi connectivity index (χ1n) is 7.20. The first kappa shape index (κ1) is 16.3. The van der Waals surface area contributed by atoms with E-state index in [9.17, 15) is 14.4 Å². The second-order valence-electron chi connectivity index (χ2n) is 5.21. The molecule has 0 fully saturated rings. The van der Waals surface area contributed by atoms with Crippen LogP contribution < -0.4 is 9.47 Å². The molecule has 0 atom stereocenters. The molecule has 7 nitrogen and oxygen atoms in total. The molecule has 126 valence electrons. The Labute approximate surface area is 141 Å². The molecule has 7 heteroatoms. The smallest absolute Gasteiger partial charge is 0.341 e. The van der Waals surface area contributed by atoms with Crippen molar-refractivity contribution in [2.24, 2.45) is 0 Å². The topological polar surface area (TPSA) is 110 Å². The van der Waals surface area contributed by atoms with E-state index in [1.807, 2.05) is 0 Å². The molecule has 0 amide bonds. The second-order valence-corrected chi connectivity index (χ2v) is 5.21. The Hall–Kier alpha value is -3.61. The fraction of sp³-hybridized carbons (Fsp3) is 0.0556. The van der Waals surface area contributed by atoms with E-state index in [4.69, 9.17) is 19.7 Å². The fourth-order valence-corrected chi connectivity index (χ4v) is 2.28. The third kappa shape index (κ3) is 3.50. The van der Waals surface area contributed by atoms with Gasteiger partial charge in [0.15, 0.2) is 12.4 Å². The van der Waals surface area contributed by atoms with E-state index >= 15 is 0 Å². The lowest BCUT2D eigenvalue weighted by Crippen LogP contribution is -2.09. The molecule has 0 aliphatic carbocycles. The van der Waals surface area contributed by atoms with E-state index in [0.29, 0.717) is 11.1 Å². The second kappa shape index (κ2) is 6.48. The standard InChI is InChI=1S/C18H12O7/c19-16(20)9-24-12-5-6-13-14(8-12)25-15(17(13)21)7-10-1-3-11(4-2-10)18(22)23/h1-8H,9H2,(H,19,20)(H,22,23)/b15-7-. The molecule has 0 radical (unpaired) electrons. The summed E-state index contributed by atoms with van der Waals surface area (Å²) < 4.78 is 10.6. The highest BCUT2D eigenvalue weighted by molar-refractivity contribution is 6.14. The first-order chi connectivity index (χ1) is 11.9. The number of aromatic carboxylic acids is 1. The molecule has 1 heterocycles. The number of allylic oxidation sites excluding steroid dienone is 1. The summed E-state index contributed by atoms with van der Waals surface area (Å²) in [6.07, 6.45) is 1.51. The van der Waals surface area contributed by atoms with E-state index in [0.717, 1.165) is 0 Å². The Morgan fingerprint density at radius 2 is 1.80 bits per heavy atom. The van der Waals surface area contributed by atoms with Crippen molar-refractivity contribution < 1.29 is 34.1 Å². The van der Waals surface area contributed by atoms with E-state index in [-0.39, 0.29) is 28.6 Å². The van der Waals surface area contributed by atoms with Gasteiger partial charge < -0.3 is 19.7 Å². The maximum Gasteiger partial charge on any atom is 0.341 e. The summed E-state index contributed by atoms with van der Waals surface area (Å²) in [4.78, 5) is 33.7. The molecule has 2 aromatic rings. The van der Waals surface area contributed by atoms with Gasteiger partial charge in [0.05, 0.1) is 11.1 Å². The van der Waals surface area contributed by atoms with Crippen LogP contribution in [0.5, 0.6) is 11.5 Å². The van der Waals surface area contributed by atoms with Gasteiger partial charge in [0.1, 0.15) is 11.5 Å². The van der Waals surface area contributed by atoms with Crippen LogP contribution in [0.4, 0.5) is 0 Å². The van der Waals surface area contributed by atoms with Crippen molar-refractivity contribution in [1.29, 1.82) is 0 Å². The zero-order valence-electron chi connectivity index (χ0n) is 12.8. The van der Waals surface area contributed by atoms with Crippen LogP contribution in [0.2, 0.25) is 0 Å². The fourth-order valence-electron chi connectivity index (χ4n) is 2.28. The Bertz CT molecular complexity index is 894. The lowest BCUT2D eigenvalue weighted by Gasteiger charge is -2.04. The van der Waals surface area contributed by atoms with Crippen LogP contribution >= 0.6 is 0 Å². The average molecular weight is 340 g/mol. The molecule has 0 aromatic heterocycles. The zero-order chi connectivity index (χ0) is 18.0. The minimum Gasteiger partial charge on any atom is -0.482 e. The highest BCUT2D eigenvalue weighted by atomic mass is 16.5. The van der Waals surface area contributed by atoms with Crippen LogP contribution in [0, 0.1) is 0 Å². The molecule has 1 aliphatic rings. The lowest BCUT2D eigenvalue weighted by atomic mass is 10.1. The summed E-state index contributed by atoms with van der Waals surface area (Å²) in [5.74, 6) is -1.81. The lowest BCUT2D eigenvalue weighted by molar-refractivity contribution is -0.139. The molecule has 0 saturated carbocycles. The minimum absolute atomic E-state index is 0.0912. The number of hydrogen-bond donors (Lipinski definition) is 2.